The third-order valence-corrected chi connectivity index (χ3v) is 7.96. The minimum Gasteiger partial charge on any atom is -0.367 e. The standard InChI is InChI=1S/C29H28Cl3FN4O/c1-29(2,3)36-13-11-18(12-14-36)34-25-16-21(19-8-7-17(33)15-24(19)32)20-9-10-26(38)37(28(20)35-25)27-22(30)5-4-6-23(27)31/h4-10,15-16,18H,11-14H2,1-3H3,(H,34,35). The van der Waals surface area contributed by atoms with Crippen molar-refractivity contribution in [3.8, 4) is 16.8 Å². The number of rotatable bonds is 4. The minimum absolute atomic E-state index is 0.114. The molecule has 38 heavy (non-hydrogen) atoms. The Bertz CT molecular complexity index is 1550. The van der Waals surface area contributed by atoms with Gasteiger partial charge in [0.1, 0.15) is 11.6 Å². The second-order valence-electron chi connectivity index (χ2n) is 10.6. The van der Waals surface area contributed by atoms with Crippen LogP contribution in [0.5, 0.6) is 0 Å². The molecular weight excluding hydrogens is 546 g/mol. The second kappa shape index (κ2) is 10.5. The van der Waals surface area contributed by atoms with E-state index in [4.69, 9.17) is 39.8 Å². The molecule has 1 aliphatic rings. The number of nitrogens with zero attached hydrogens (tertiary/aromatic N) is 3. The maximum atomic E-state index is 13.9. The Kier molecular flexibility index (Phi) is 7.44. The predicted molar refractivity (Wildman–Crippen MR) is 156 cm³/mol. The Labute approximate surface area is 236 Å². The molecule has 198 valence electrons. The van der Waals surface area contributed by atoms with Gasteiger partial charge in [0.2, 0.25) is 0 Å². The van der Waals surface area contributed by atoms with Gasteiger partial charge in [0.25, 0.3) is 5.56 Å². The van der Waals surface area contributed by atoms with Crippen LogP contribution in [0, 0.1) is 5.82 Å². The zero-order valence-corrected chi connectivity index (χ0v) is 23.6. The van der Waals surface area contributed by atoms with Crippen LogP contribution in [0.2, 0.25) is 15.1 Å². The van der Waals surface area contributed by atoms with Crippen molar-refractivity contribution in [1.29, 1.82) is 0 Å². The number of anilines is 1. The number of piperidine rings is 1. The van der Waals surface area contributed by atoms with Crippen LogP contribution in [0.4, 0.5) is 10.2 Å². The molecule has 0 amide bonds. The number of para-hydroxylation sites is 1. The van der Waals surface area contributed by atoms with E-state index in [1.807, 2.05) is 6.07 Å². The Morgan fingerprint density at radius 3 is 2.24 bits per heavy atom. The van der Waals surface area contributed by atoms with E-state index in [9.17, 15) is 9.18 Å². The molecule has 0 spiro atoms. The second-order valence-corrected chi connectivity index (χ2v) is 11.8. The first-order chi connectivity index (χ1) is 18.0. The fraction of sp³-hybridized carbons (Fsp3) is 0.310. The maximum Gasteiger partial charge on any atom is 0.256 e. The van der Waals surface area contributed by atoms with E-state index in [1.54, 1.807) is 30.3 Å². The Morgan fingerprint density at radius 1 is 0.921 bits per heavy atom. The summed E-state index contributed by atoms with van der Waals surface area (Å²) in [5, 5.41) is 5.14. The van der Waals surface area contributed by atoms with E-state index in [0.29, 0.717) is 43.7 Å². The van der Waals surface area contributed by atoms with Gasteiger partial charge in [-0.05, 0) is 81.6 Å². The van der Waals surface area contributed by atoms with E-state index in [0.717, 1.165) is 25.9 Å². The fourth-order valence-electron chi connectivity index (χ4n) is 5.04. The third kappa shape index (κ3) is 5.28. The normalized spacial score (nSPS) is 15.2. The molecule has 9 heteroatoms. The summed E-state index contributed by atoms with van der Waals surface area (Å²) in [5.41, 5.74) is 1.86. The smallest absolute Gasteiger partial charge is 0.256 e. The number of fused-ring (bicyclic) bond motifs is 1. The molecule has 1 N–H and O–H groups in total. The van der Waals surface area contributed by atoms with Crippen LogP contribution in [-0.2, 0) is 0 Å². The van der Waals surface area contributed by atoms with Crippen molar-refractivity contribution in [3.63, 3.8) is 0 Å². The molecule has 2 aromatic carbocycles. The summed E-state index contributed by atoms with van der Waals surface area (Å²) in [5.74, 6) is 0.158. The summed E-state index contributed by atoms with van der Waals surface area (Å²) >= 11 is 19.6. The topological polar surface area (TPSA) is 50.2 Å². The molecule has 0 radical (unpaired) electrons. The molecule has 2 aromatic heterocycles. The maximum absolute atomic E-state index is 13.9. The van der Waals surface area contributed by atoms with Gasteiger partial charge >= 0.3 is 0 Å². The highest BCUT2D eigenvalue weighted by Gasteiger charge is 2.27. The highest BCUT2D eigenvalue weighted by molar-refractivity contribution is 6.38. The average Bonchev–Trinajstić information content (AvgIpc) is 2.84. The van der Waals surface area contributed by atoms with Crippen molar-refractivity contribution in [2.75, 3.05) is 18.4 Å². The number of pyridine rings is 2. The molecule has 4 aromatic rings. The molecule has 0 aliphatic carbocycles. The van der Waals surface area contributed by atoms with Gasteiger partial charge in [-0.2, -0.15) is 0 Å². The Morgan fingerprint density at radius 2 is 1.61 bits per heavy atom. The summed E-state index contributed by atoms with van der Waals surface area (Å²) in [6.45, 7) is 8.60. The average molecular weight is 574 g/mol. The molecule has 0 saturated carbocycles. The largest absolute Gasteiger partial charge is 0.367 e. The SMILES string of the molecule is CC(C)(C)N1CCC(Nc2cc(-c3ccc(F)cc3Cl)c3ccc(=O)n(-c4c(Cl)cccc4Cl)c3n2)CC1. The van der Waals surface area contributed by atoms with E-state index in [2.05, 4.69) is 31.0 Å². The highest BCUT2D eigenvalue weighted by atomic mass is 35.5. The van der Waals surface area contributed by atoms with Crippen molar-refractivity contribution in [2.45, 2.75) is 45.2 Å². The number of benzene rings is 2. The van der Waals surface area contributed by atoms with Gasteiger partial charge in [-0.15, -0.1) is 0 Å². The van der Waals surface area contributed by atoms with E-state index in [1.165, 1.54) is 22.8 Å². The van der Waals surface area contributed by atoms with Crippen LogP contribution in [0.3, 0.4) is 0 Å². The molecule has 1 saturated heterocycles. The number of nitrogens with one attached hydrogen (secondary N) is 1. The number of hydrogen-bond acceptors (Lipinski definition) is 4. The van der Waals surface area contributed by atoms with Crippen molar-refractivity contribution in [1.82, 2.24) is 14.5 Å². The number of aromatic nitrogens is 2. The van der Waals surface area contributed by atoms with Gasteiger partial charge in [0, 0.05) is 41.7 Å². The van der Waals surface area contributed by atoms with E-state index >= 15 is 0 Å². The predicted octanol–water partition coefficient (Wildman–Crippen LogP) is 7.83. The lowest BCUT2D eigenvalue weighted by atomic mass is 9.97. The van der Waals surface area contributed by atoms with Crippen molar-refractivity contribution in [3.05, 3.63) is 85.8 Å². The molecule has 5 nitrogen and oxygen atoms in total. The number of likely N-dealkylation sites (tertiary alicyclic amines) is 1. The highest BCUT2D eigenvalue weighted by Crippen LogP contribution is 2.37. The molecule has 0 atom stereocenters. The summed E-state index contributed by atoms with van der Waals surface area (Å²) in [4.78, 5) is 20.6. The zero-order valence-electron chi connectivity index (χ0n) is 21.4. The molecule has 1 fully saturated rings. The van der Waals surface area contributed by atoms with Crippen molar-refractivity contribution < 1.29 is 4.39 Å². The van der Waals surface area contributed by atoms with Crippen molar-refractivity contribution in [2.24, 2.45) is 0 Å². The van der Waals surface area contributed by atoms with E-state index in [-0.39, 0.29) is 22.2 Å². The van der Waals surface area contributed by atoms with Gasteiger partial charge in [-0.25, -0.2) is 9.37 Å². The summed E-state index contributed by atoms with van der Waals surface area (Å²) in [7, 11) is 0. The van der Waals surface area contributed by atoms with Crippen LogP contribution in [0.25, 0.3) is 27.8 Å². The van der Waals surface area contributed by atoms with Crippen LogP contribution in [-0.4, -0.2) is 39.1 Å². The summed E-state index contributed by atoms with van der Waals surface area (Å²) in [6, 6.07) is 14.6. The van der Waals surface area contributed by atoms with Gasteiger partial charge in [0.05, 0.1) is 20.8 Å². The van der Waals surface area contributed by atoms with Gasteiger partial charge < -0.3 is 5.32 Å². The fourth-order valence-corrected chi connectivity index (χ4v) is 5.87. The van der Waals surface area contributed by atoms with Crippen LogP contribution in [0.15, 0.2) is 59.4 Å². The van der Waals surface area contributed by atoms with Gasteiger partial charge in [-0.1, -0.05) is 40.9 Å². The molecular formula is C29H28Cl3FN4O. The molecule has 1 aliphatic heterocycles. The van der Waals surface area contributed by atoms with Crippen LogP contribution < -0.4 is 10.9 Å². The zero-order chi connectivity index (χ0) is 27.2. The minimum atomic E-state index is -0.430. The van der Waals surface area contributed by atoms with Crippen LogP contribution >= 0.6 is 34.8 Å². The molecule has 0 unspecified atom stereocenters. The lowest BCUT2D eigenvalue weighted by Crippen LogP contribution is -2.48. The van der Waals surface area contributed by atoms with Gasteiger partial charge in [0.15, 0.2) is 5.65 Å². The van der Waals surface area contributed by atoms with Crippen molar-refractivity contribution >= 4 is 51.7 Å². The summed E-state index contributed by atoms with van der Waals surface area (Å²) < 4.78 is 15.3. The van der Waals surface area contributed by atoms with Gasteiger partial charge in [-0.3, -0.25) is 14.3 Å². The molecule has 0 bridgehead atoms. The quantitative estimate of drug-likeness (QED) is 0.270. The molecule has 5 rings (SSSR count). The Hall–Kier alpha value is -2.64. The number of hydrogen-bond donors (Lipinski definition) is 1. The molecule has 3 heterocycles. The number of halogens is 4. The Balaban J connectivity index is 1.68. The van der Waals surface area contributed by atoms with E-state index < -0.39 is 5.82 Å². The third-order valence-electron chi connectivity index (χ3n) is 7.04. The summed E-state index contributed by atoms with van der Waals surface area (Å²) in [6.07, 6.45) is 1.89. The first kappa shape index (κ1) is 26.9. The first-order valence-corrected chi connectivity index (χ1v) is 13.6. The lowest BCUT2D eigenvalue weighted by molar-refractivity contribution is 0.106. The van der Waals surface area contributed by atoms with Crippen LogP contribution in [0.1, 0.15) is 33.6 Å². The first-order valence-electron chi connectivity index (χ1n) is 12.5. The monoisotopic (exact) mass is 572 g/mol. The lowest BCUT2D eigenvalue weighted by Gasteiger charge is -2.41.